The maximum atomic E-state index is 12.7. The molecule has 8 heteroatoms. The molecule has 1 aromatic rings. The molecule has 1 aliphatic rings. The van der Waals surface area contributed by atoms with Crippen LogP contribution < -0.4 is 0 Å². The minimum atomic E-state index is -3.18. The monoisotopic (exact) mass is 344 g/mol. The van der Waals surface area contributed by atoms with Gasteiger partial charge in [0.1, 0.15) is 5.76 Å². The molecule has 2 rings (SSSR count). The Morgan fingerprint density at radius 1 is 1.43 bits per heavy atom. The molecule has 0 atom stereocenters. The maximum absolute atomic E-state index is 12.7. The van der Waals surface area contributed by atoms with Crippen molar-refractivity contribution < 1.29 is 22.4 Å². The van der Waals surface area contributed by atoms with Gasteiger partial charge in [0, 0.05) is 32.7 Å². The molecule has 7 nitrogen and oxygen atoms in total. The first-order valence-electron chi connectivity index (χ1n) is 7.67. The lowest BCUT2D eigenvalue weighted by molar-refractivity contribution is -0.138. The van der Waals surface area contributed by atoms with Crippen LogP contribution in [0.25, 0.3) is 0 Å². The summed E-state index contributed by atoms with van der Waals surface area (Å²) in [7, 11) is -1.58. The number of piperidine rings is 1. The Balaban J connectivity index is 1.97. The highest BCUT2D eigenvalue weighted by atomic mass is 32.2. The van der Waals surface area contributed by atoms with E-state index in [1.807, 2.05) is 6.07 Å². The van der Waals surface area contributed by atoms with Gasteiger partial charge in [-0.3, -0.25) is 4.79 Å². The summed E-state index contributed by atoms with van der Waals surface area (Å²) >= 11 is 0. The van der Waals surface area contributed by atoms with Crippen molar-refractivity contribution in [3.63, 3.8) is 0 Å². The molecule has 23 heavy (non-hydrogen) atoms. The van der Waals surface area contributed by atoms with Crippen LogP contribution in [0.2, 0.25) is 0 Å². The first-order chi connectivity index (χ1) is 10.9. The lowest BCUT2D eigenvalue weighted by atomic mass is 9.96. The van der Waals surface area contributed by atoms with Gasteiger partial charge in [0.25, 0.3) is 0 Å². The summed E-state index contributed by atoms with van der Waals surface area (Å²) in [5.41, 5.74) is 0. The van der Waals surface area contributed by atoms with Crippen LogP contribution in [0.3, 0.4) is 0 Å². The Morgan fingerprint density at radius 3 is 2.65 bits per heavy atom. The number of amides is 1. The van der Waals surface area contributed by atoms with Gasteiger partial charge < -0.3 is 14.1 Å². The van der Waals surface area contributed by atoms with E-state index in [0.717, 1.165) is 5.76 Å². The number of furan rings is 1. The van der Waals surface area contributed by atoms with Crippen molar-refractivity contribution in [3.8, 4) is 0 Å². The first kappa shape index (κ1) is 18.0. The topological polar surface area (TPSA) is 80.1 Å². The fourth-order valence-electron chi connectivity index (χ4n) is 2.75. The quantitative estimate of drug-likeness (QED) is 0.735. The molecule has 2 heterocycles. The summed E-state index contributed by atoms with van der Waals surface area (Å²) in [5.74, 6) is 0.606. The van der Waals surface area contributed by atoms with Gasteiger partial charge in [0.05, 0.1) is 25.7 Å². The second-order valence-corrected chi connectivity index (χ2v) is 7.75. The summed E-state index contributed by atoms with van der Waals surface area (Å²) in [4.78, 5) is 14.5. The third-order valence-corrected chi connectivity index (χ3v) is 5.38. The molecular formula is C15H24N2O5S. The number of sulfonamides is 1. The zero-order chi connectivity index (χ0) is 16.9. The normalized spacial score (nSPS) is 17.3. The van der Waals surface area contributed by atoms with Crippen LogP contribution in [0.4, 0.5) is 0 Å². The third-order valence-electron chi connectivity index (χ3n) is 4.08. The van der Waals surface area contributed by atoms with Gasteiger partial charge in [0.2, 0.25) is 15.9 Å². The second-order valence-electron chi connectivity index (χ2n) is 5.77. The van der Waals surface area contributed by atoms with E-state index in [1.54, 1.807) is 24.3 Å². The lowest BCUT2D eigenvalue weighted by Crippen LogP contribution is -2.44. The van der Waals surface area contributed by atoms with Gasteiger partial charge >= 0.3 is 0 Å². The highest BCUT2D eigenvalue weighted by Gasteiger charge is 2.31. The summed E-state index contributed by atoms with van der Waals surface area (Å²) < 4.78 is 34.9. The number of hydrogen-bond donors (Lipinski definition) is 0. The van der Waals surface area contributed by atoms with Gasteiger partial charge in [-0.15, -0.1) is 0 Å². The van der Waals surface area contributed by atoms with E-state index in [2.05, 4.69) is 0 Å². The fourth-order valence-corrected chi connectivity index (χ4v) is 3.63. The number of carbonyl (C=O) groups is 1. The zero-order valence-corrected chi connectivity index (χ0v) is 14.4. The van der Waals surface area contributed by atoms with Crippen LogP contribution in [-0.2, 0) is 26.1 Å². The van der Waals surface area contributed by atoms with E-state index in [1.165, 1.54) is 10.6 Å². The molecule has 1 aliphatic heterocycles. The molecule has 0 bridgehead atoms. The highest BCUT2D eigenvalue weighted by Crippen LogP contribution is 2.22. The Morgan fingerprint density at radius 2 is 2.13 bits per heavy atom. The molecule has 0 aliphatic carbocycles. The minimum absolute atomic E-state index is 0.0339. The van der Waals surface area contributed by atoms with Gasteiger partial charge in [-0.05, 0) is 25.0 Å². The zero-order valence-electron chi connectivity index (χ0n) is 13.6. The predicted octanol–water partition coefficient (Wildman–Crippen LogP) is 0.926. The van der Waals surface area contributed by atoms with E-state index >= 15 is 0 Å². The molecule has 0 N–H and O–H groups in total. The van der Waals surface area contributed by atoms with Gasteiger partial charge in [-0.1, -0.05) is 0 Å². The summed E-state index contributed by atoms with van der Waals surface area (Å²) in [5, 5.41) is 0. The number of carbonyl (C=O) groups excluding carboxylic acids is 1. The van der Waals surface area contributed by atoms with Crippen LogP contribution in [0.15, 0.2) is 22.8 Å². The van der Waals surface area contributed by atoms with Crippen LogP contribution in [-0.4, -0.2) is 63.1 Å². The molecule has 1 saturated heterocycles. The molecule has 0 spiro atoms. The van der Waals surface area contributed by atoms with Gasteiger partial charge in [0.15, 0.2) is 0 Å². The molecule has 1 aromatic heterocycles. The minimum Gasteiger partial charge on any atom is -0.467 e. The van der Waals surface area contributed by atoms with Crippen LogP contribution in [0, 0.1) is 5.92 Å². The molecule has 0 saturated carbocycles. The molecular weight excluding hydrogens is 320 g/mol. The standard InChI is InChI=1S/C15H24N2O5S/c1-21-11-9-16(12-14-4-3-10-22-14)15(18)13-5-7-17(8-6-13)23(2,19)20/h3-4,10,13H,5-9,11-12H2,1-2H3. The average Bonchev–Trinajstić information content (AvgIpc) is 3.03. The Bertz CT molecular complexity index is 591. The molecule has 1 fully saturated rings. The molecule has 130 valence electrons. The number of ether oxygens (including phenoxy) is 1. The average molecular weight is 344 g/mol. The second kappa shape index (κ2) is 7.94. The van der Waals surface area contributed by atoms with Crippen molar-refractivity contribution in [1.29, 1.82) is 0 Å². The van der Waals surface area contributed by atoms with Crippen molar-refractivity contribution in [2.45, 2.75) is 19.4 Å². The summed E-state index contributed by atoms with van der Waals surface area (Å²) in [6, 6.07) is 3.62. The largest absolute Gasteiger partial charge is 0.467 e. The van der Waals surface area contributed by atoms with Crippen LogP contribution >= 0.6 is 0 Å². The Labute approximate surface area is 137 Å². The summed E-state index contributed by atoms with van der Waals surface area (Å²) in [6.45, 7) is 2.14. The van der Waals surface area contributed by atoms with Crippen molar-refractivity contribution in [2.24, 2.45) is 5.92 Å². The van der Waals surface area contributed by atoms with Gasteiger partial charge in [-0.25, -0.2) is 12.7 Å². The molecule has 0 radical (unpaired) electrons. The molecule has 1 amide bonds. The number of methoxy groups -OCH3 is 1. The third kappa shape index (κ3) is 5.05. The van der Waals surface area contributed by atoms with Crippen molar-refractivity contribution in [2.75, 3.05) is 39.6 Å². The fraction of sp³-hybridized carbons (Fsp3) is 0.667. The van der Waals surface area contributed by atoms with Crippen molar-refractivity contribution >= 4 is 15.9 Å². The maximum Gasteiger partial charge on any atom is 0.226 e. The van der Waals surface area contributed by atoms with E-state index in [9.17, 15) is 13.2 Å². The SMILES string of the molecule is COCCN(Cc1ccco1)C(=O)C1CCN(S(C)(=O)=O)CC1. The number of rotatable bonds is 7. The summed E-state index contributed by atoms with van der Waals surface area (Å²) in [6.07, 6.45) is 3.89. The van der Waals surface area contributed by atoms with Gasteiger partial charge in [-0.2, -0.15) is 0 Å². The molecule has 0 unspecified atom stereocenters. The Kier molecular flexibility index (Phi) is 6.20. The van der Waals surface area contributed by atoms with Crippen LogP contribution in [0.1, 0.15) is 18.6 Å². The van der Waals surface area contributed by atoms with Crippen molar-refractivity contribution in [1.82, 2.24) is 9.21 Å². The van der Waals surface area contributed by atoms with E-state index in [-0.39, 0.29) is 11.8 Å². The van der Waals surface area contributed by atoms with Crippen molar-refractivity contribution in [3.05, 3.63) is 24.2 Å². The molecule has 0 aromatic carbocycles. The highest BCUT2D eigenvalue weighted by molar-refractivity contribution is 7.88. The smallest absolute Gasteiger partial charge is 0.226 e. The predicted molar refractivity (Wildman–Crippen MR) is 85.1 cm³/mol. The number of nitrogens with zero attached hydrogens (tertiary/aromatic N) is 2. The van der Waals surface area contributed by atoms with Crippen LogP contribution in [0.5, 0.6) is 0 Å². The lowest BCUT2D eigenvalue weighted by Gasteiger charge is -2.32. The van der Waals surface area contributed by atoms with E-state index in [4.69, 9.17) is 9.15 Å². The Hall–Kier alpha value is -1.38. The van der Waals surface area contributed by atoms with E-state index < -0.39 is 10.0 Å². The first-order valence-corrected chi connectivity index (χ1v) is 9.52. The van der Waals surface area contributed by atoms with E-state index in [0.29, 0.717) is 45.6 Å². The number of hydrogen-bond acceptors (Lipinski definition) is 5.